The Balaban J connectivity index is 1.56. The lowest BCUT2D eigenvalue weighted by Gasteiger charge is -2.27. The van der Waals surface area contributed by atoms with Gasteiger partial charge in [-0.05, 0) is 31.9 Å². The van der Waals surface area contributed by atoms with Gasteiger partial charge < -0.3 is 4.98 Å². The van der Waals surface area contributed by atoms with Crippen molar-refractivity contribution in [2.75, 3.05) is 13.1 Å². The molecule has 1 fully saturated rings. The summed E-state index contributed by atoms with van der Waals surface area (Å²) in [6.45, 7) is 4.83. The third-order valence-corrected chi connectivity index (χ3v) is 4.91. The number of fused-ring (bicyclic) bond motifs is 1. The van der Waals surface area contributed by atoms with Crippen LogP contribution in [0.3, 0.4) is 0 Å². The van der Waals surface area contributed by atoms with Crippen molar-refractivity contribution in [1.82, 2.24) is 25.0 Å². The highest BCUT2D eigenvalue weighted by atomic mass is 16.2. The van der Waals surface area contributed by atoms with Gasteiger partial charge in [0.1, 0.15) is 5.69 Å². The van der Waals surface area contributed by atoms with Crippen LogP contribution in [0.2, 0.25) is 0 Å². The molecule has 0 atom stereocenters. The summed E-state index contributed by atoms with van der Waals surface area (Å²) in [4.78, 5) is 37.4. The summed E-state index contributed by atoms with van der Waals surface area (Å²) >= 11 is 0. The lowest BCUT2D eigenvalue weighted by molar-refractivity contribution is -0.139. The van der Waals surface area contributed by atoms with Gasteiger partial charge in [0, 0.05) is 35.9 Å². The smallest absolute Gasteiger partial charge is 0.292 e. The number of aryl methyl sites for hydroxylation is 2. The van der Waals surface area contributed by atoms with Crippen LogP contribution in [-0.4, -0.2) is 49.9 Å². The molecule has 0 saturated carbocycles. The van der Waals surface area contributed by atoms with Crippen molar-refractivity contribution in [2.45, 2.75) is 26.7 Å². The number of nitrogens with one attached hydrogen (secondary N) is 1. The maximum atomic E-state index is 13.0. The summed E-state index contributed by atoms with van der Waals surface area (Å²) < 4.78 is 0. The van der Waals surface area contributed by atoms with E-state index in [9.17, 15) is 9.59 Å². The van der Waals surface area contributed by atoms with Crippen molar-refractivity contribution in [1.29, 1.82) is 0 Å². The van der Waals surface area contributed by atoms with E-state index in [2.05, 4.69) is 15.0 Å². The zero-order valence-electron chi connectivity index (χ0n) is 15.4. The van der Waals surface area contributed by atoms with Gasteiger partial charge in [-0.15, -0.1) is 0 Å². The standard InChI is InChI=1S/C20H21N5O2/c1-13-11-22-18(12-21-13)20(27)25-9-5-8-24(25)19(26)10-16-14(2)23-17-7-4-3-6-15(16)17/h3-4,6-7,11-12,23H,5,8-10H2,1-2H3. The van der Waals surface area contributed by atoms with Crippen LogP contribution in [0.4, 0.5) is 0 Å². The Bertz CT molecular complexity index is 1010. The van der Waals surface area contributed by atoms with Crippen molar-refractivity contribution in [3.63, 3.8) is 0 Å². The highest BCUT2D eigenvalue weighted by molar-refractivity contribution is 5.95. The minimum absolute atomic E-state index is 0.0891. The largest absolute Gasteiger partial charge is 0.358 e. The number of H-pyrrole nitrogens is 1. The zero-order valence-corrected chi connectivity index (χ0v) is 15.4. The number of hydrazine groups is 1. The molecule has 0 radical (unpaired) electrons. The number of nitrogens with zero attached hydrogens (tertiary/aromatic N) is 4. The molecule has 1 aromatic carbocycles. The van der Waals surface area contributed by atoms with E-state index in [-0.39, 0.29) is 23.9 Å². The molecule has 0 bridgehead atoms. The number of carbonyl (C=O) groups excluding carboxylic acids is 2. The monoisotopic (exact) mass is 363 g/mol. The number of carbonyl (C=O) groups is 2. The van der Waals surface area contributed by atoms with E-state index >= 15 is 0 Å². The molecule has 4 rings (SSSR count). The van der Waals surface area contributed by atoms with Crippen LogP contribution in [0.1, 0.15) is 33.9 Å². The fourth-order valence-electron chi connectivity index (χ4n) is 3.52. The number of amides is 2. The van der Waals surface area contributed by atoms with Crippen molar-refractivity contribution < 1.29 is 9.59 Å². The van der Waals surface area contributed by atoms with E-state index in [1.807, 2.05) is 38.1 Å². The Morgan fingerprint density at radius 1 is 1.07 bits per heavy atom. The number of aromatic nitrogens is 3. The second kappa shape index (κ2) is 6.83. The van der Waals surface area contributed by atoms with Crippen LogP contribution in [0.5, 0.6) is 0 Å². The van der Waals surface area contributed by atoms with Gasteiger partial charge in [0.05, 0.1) is 18.3 Å². The summed E-state index contributed by atoms with van der Waals surface area (Å²) in [5, 5.41) is 4.08. The molecule has 3 aromatic rings. The molecule has 0 aliphatic carbocycles. The summed E-state index contributed by atoms with van der Waals surface area (Å²) in [6.07, 6.45) is 4.02. The summed E-state index contributed by atoms with van der Waals surface area (Å²) in [6, 6.07) is 7.94. The van der Waals surface area contributed by atoms with Gasteiger partial charge in [0.15, 0.2) is 0 Å². The molecule has 138 valence electrons. The molecule has 27 heavy (non-hydrogen) atoms. The zero-order chi connectivity index (χ0) is 19.0. The van der Waals surface area contributed by atoms with Crippen molar-refractivity contribution in [3.8, 4) is 0 Å². The van der Waals surface area contributed by atoms with Crippen LogP contribution in [0, 0.1) is 13.8 Å². The summed E-state index contributed by atoms with van der Waals surface area (Å²) in [7, 11) is 0. The maximum Gasteiger partial charge on any atom is 0.292 e. The summed E-state index contributed by atoms with van der Waals surface area (Å²) in [5.41, 5.74) is 3.97. The van der Waals surface area contributed by atoms with Gasteiger partial charge in [0.2, 0.25) is 5.91 Å². The predicted molar refractivity (Wildman–Crippen MR) is 101 cm³/mol. The minimum Gasteiger partial charge on any atom is -0.358 e. The van der Waals surface area contributed by atoms with E-state index in [1.54, 1.807) is 11.2 Å². The predicted octanol–water partition coefficient (Wildman–Crippen LogP) is 2.41. The molecule has 0 unspecified atom stereocenters. The lowest BCUT2D eigenvalue weighted by Crippen LogP contribution is -2.45. The average molecular weight is 363 g/mol. The van der Waals surface area contributed by atoms with Crippen LogP contribution in [-0.2, 0) is 11.2 Å². The van der Waals surface area contributed by atoms with E-state index in [1.165, 1.54) is 11.2 Å². The molecule has 1 aliphatic heterocycles. The van der Waals surface area contributed by atoms with Crippen LogP contribution < -0.4 is 0 Å². The van der Waals surface area contributed by atoms with Crippen LogP contribution in [0.15, 0.2) is 36.7 Å². The lowest BCUT2D eigenvalue weighted by atomic mass is 10.1. The Labute approximate surface area is 157 Å². The summed E-state index contributed by atoms with van der Waals surface area (Å²) in [5.74, 6) is -0.377. The fourth-order valence-corrected chi connectivity index (χ4v) is 3.52. The van der Waals surface area contributed by atoms with Gasteiger partial charge in [0.25, 0.3) is 5.91 Å². The quantitative estimate of drug-likeness (QED) is 0.775. The minimum atomic E-state index is -0.288. The highest BCUT2D eigenvalue weighted by Gasteiger charge is 2.32. The molecule has 7 heteroatoms. The number of rotatable bonds is 3. The normalized spacial score (nSPS) is 14.1. The first kappa shape index (κ1) is 17.2. The molecule has 0 spiro atoms. The molecule has 1 saturated heterocycles. The van der Waals surface area contributed by atoms with Crippen LogP contribution >= 0.6 is 0 Å². The molecular formula is C20H21N5O2. The number of hydrogen-bond acceptors (Lipinski definition) is 4. The third-order valence-electron chi connectivity index (χ3n) is 4.91. The van der Waals surface area contributed by atoms with Gasteiger partial charge in [-0.1, -0.05) is 18.2 Å². The molecule has 2 amide bonds. The Kier molecular flexibility index (Phi) is 4.35. The van der Waals surface area contributed by atoms with Crippen molar-refractivity contribution in [3.05, 3.63) is 59.3 Å². The average Bonchev–Trinajstić information content (AvgIpc) is 3.27. The Morgan fingerprint density at radius 3 is 2.63 bits per heavy atom. The van der Waals surface area contributed by atoms with Crippen LogP contribution in [0.25, 0.3) is 10.9 Å². The van der Waals surface area contributed by atoms with Crippen molar-refractivity contribution >= 4 is 22.7 Å². The topological polar surface area (TPSA) is 82.2 Å². The molecule has 1 aliphatic rings. The number of para-hydroxylation sites is 1. The van der Waals surface area contributed by atoms with E-state index < -0.39 is 0 Å². The first-order chi connectivity index (χ1) is 13.0. The first-order valence-electron chi connectivity index (χ1n) is 9.01. The van der Waals surface area contributed by atoms with Gasteiger partial charge >= 0.3 is 0 Å². The number of benzene rings is 1. The molecule has 2 aromatic heterocycles. The van der Waals surface area contributed by atoms with E-state index in [4.69, 9.17) is 0 Å². The van der Waals surface area contributed by atoms with Gasteiger partial charge in [-0.2, -0.15) is 0 Å². The second-order valence-electron chi connectivity index (χ2n) is 6.79. The molecule has 1 N–H and O–H groups in total. The number of hydrogen-bond donors (Lipinski definition) is 1. The highest BCUT2D eigenvalue weighted by Crippen LogP contribution is 2.24. The van der Waals surface area contributed by atoms with Gasteiger partial charge in [-0.25, -0.2) is 9.99 Å². The van der Waals surface area contributed by atoms with Gasteiger partial charge in [-0.3, -0.25) is 19.6 Å². The fraction of sp³-hybridized carbons (Fsp3) is 0.300. The Morgan fingerprint density at radius 2 is 1.85 bits per heavy atom. The molecular weight excluding hydrogens is 342 g/mol. The Hall–Kier alpha value is -3.22. The number of aromatic amines is 1. The molecule has 3 heterocycles. The third kappa shape index (κ3) is 3.16. The SMILES string of the molecule is Cc1cnc(C(=O)N2CCCN2C(=O)Cc2c(C)[nH]c3ccccc23)cn1. The van der Waals surface area contributed by atoms with E-state index in [0.717, 1.165) is 34.3 Å². The maximum absolute atomic E-state index is 13.0. The first-order valence-corrected chi connectivity index (χ1v) is 9.01. The van der Waals surface area contributed by atoms with E-state index in [0.29, 0.717) is 13.1 Å². The van der Waals surface area contributed by atoms with Crippen molar-refractivity contribution in [2.24, 2.45) is 0 Å². The second-order valence-corrected chi connectivity index (χ2v) is 6.79. The molecule has 7 nitrogen and oxygen atoms in total.